The fraction of sp³-hybridized carbons (Fsp3) is 0.379. The second kappa shape index (κ2) is 10.2. The summed E-state index contributed by atoms with van der Waals surface area (Å²) in [5.74, 6) is 0.370. The lowest BCUT2D eigenvalue weighted by Crippen LogP contribution is -2.39. The van der Waals surface area contributed by atoms with Gasteiger partial charge in [-0.15, -0.1) is 0 Å². The zero-order chi connectivity index (χ0) is 25.4. The van der Waals surface area contributed by atoms with Gasteiger partial charge in [-0.2, -0.15) is 0 Å². The van der Waals surface area contributed by atoms with Crippen molar-refractivity contribution in [1.29, 1.82) is 0 Å². The topological polar surface area (TPSA) is 55.8 Å². The predicted molar refractivity (Wildman–Crippen MR) is 138 cm³/mol. The molecule has 1 aliphatic heterocycles. The average Bonchev–Trinajstić information content (AvgIpc) is 2.87. The number of nitrogens with zero attached hydrogens (tertiary/aromatic N) is 1. The quantitative estimate of drug-likeness (QED) is 0.403. The van der Waals surface area contributed by atoms with E-state index in [0.29, 0.717) is 34.4 Å². The third-order valence-electron chi connectivity index (χ3n) is 7.32. The molecule has 0 atom stereocenters. The van der Waals surface area contributed by atoms with E-state index in [1.807, 2.05) is 12.1 Å². The number of ketones is 2. The highest BCUT2D eigenvalue weighted by molar-refractivity contribution is 9.10. The van der Waals surface area contributed by atoms with Crippen molar-refractivity contribution in [2.24, 2.45) is 0 Å². The van der Waals surface area contributed by atoms with Crippen LogP contribution in [0.3, 0.4) is 0 Å². The highest BCUT2D eigenvalue weighted by Gasteiger charge is 2.43. The number of carbonyl (C=O) groups is 2. The molecule has 0 radical (unpaired) electrons. The zero-order valence-electron chi connectivity index (χ0n) is 20.5. The van der Waals surface area contributed by atoms with Crippen LogP contribution in [0.1, 0.15) is 62.5 Å². The number of ether oxygens (including phenoxy) is 2. The molecule has 7 heteroatoms. The normalized spacial score (nSPS) is 18.4. The molecule has 0 N–H and O–H groups in total. The maximum atomic E-state index is 14.1. The number of rotatable bonds is 6. The smallest absolute Gasteiger partial charge is 0.175 e. The molecule has 36 heavy (non-hydrogen) atoms. The van der Waals surface area contributed by atoms with Gasteiger partial charge in [0.1, 0.15) is 12.4 Å². The molecule has 0 fully saturated rings. The number of Topliss-reactive ketones (excluding diaryl/α,β-unsaturated/α-hetero) is 2. The molecule has 0 saturated carbocycles. The molecular formula is C29H29BrFNO4. The minimum absolute atomic E-state index is 0.0391. The summed E-state index contributed by atoms with van der Waals surface area (Å²) in [4.78, 5) is 28.9. The number of benzene rings is 2. The van der Waals surface area contributed by atoms with Gasteiger partial charge in [0, 0.05) is 53.4 Å². The molecule has 3 aliphatic rings. The summed E-state index contributed by atoms with van der Waals surface area (Å²) in [6.07, 6.45) is 4.30. The Bertz CT molecular complexity index is 1250. The Morgan fingerprint density at radius 3 is 2.22 bits per heavy atom. The summed E-state index contributed by atoms with van der Waals surface area (Å²) in [5.41, 5.74) is 4.85. The lowest BCUT2D eigenvalue weighted by Gasteiger charge is -2.43. The van der Waals surface area contributed by atoms with Gasteiger partial charge in [0.25, 0.3) is 0 Å². The molecule has 2 aromatic carbocycles. The van der Waals surface area contributed by atoms with Crippen LogP contribution in [-0.2, 0) is 16.2 Å². The van der Waals surface area contributed by atoms with Gasteiger partial charge in [0.05, 0.1) is 11.6 Å². The molecule has 0 saturated heterocycles. The van der Waals surface area contributed by atoms with Crippen molar-refractivity contribution in [1.82, 2.24) is 4.90 Å². The van der Waals surface area contributed by atoms with Gasteiger partial charge >= 0.3 is 0 Å². The van der Waals surface area contributed by atoms with E-state index in [9.17, 15) is 14.0 Å². The number of allylic oxidation sites excluding steroid dienone is 4. The van der Waals surface area contributed by atoms with Gasteiger partial charge < -0.3 is 14.4 Å². The van der Waals surface area contributed by atoms with Crippen LogP contribution < -0.4 is 9.47 Å². The molecule has 2 aliphatic carbocycles. The first-order valence-corrected chi connectivity index (χ1v) is 13.3. The van der Waals surface area contributed by atoms with E-state index in [0.717, 1.165) is 60.3 Å². The van der Waals surface area contributed by atoms with E-state index in [4.69, 9.17) is 9.47 Å². The zero-order valence-corrected chi connectivity index (χ0v) is 22.1. The van der Waals surface area contributed by atoms with Crippen LogP contribution in [0.25, 0.3) is 0 Å². The first kappa shape index (κ1) is 24.8. The highest BCUT2D eigenvalue weighted by atomic mass is 79.9. The van der Waals surface area contributed by atoms with E-state index < -0.39 is 5.92 Å². The van der Waals surface area contributed by atoms with Gasteiger partial charge in [-0.05, 0) is 72.3 Å². The summed E-state index contributed by atoms with van der Waals surface area (Å²) in [6.45, 7) is 2.85. The van der Waals surface area contributed by atoms with Crippen LogP contribution in [0, 0.1) is 5.82 Å². The van der Waals surface area contributed by atoms with Gasteiger partial charge in [-0.3, -0.25) is 9.59 Å². The molecule has 5 rings (SSSR count). The van der Waals surface area contributed by atoms with E-state index >= 15 is 0 Å². The van der Waals surface area contributed by atoms with Crippen LogP contribution >= 0.6 is 15.9 Å². The maximum Gasteiger partial charge on any atom is 0.175 e. The van der Waals surface area contributed by atoms with Crippen molar-refractivity contribution >= 4 is 27.5 Å². The first-order chi connectivity index (χ1) is 17.4. The van der Waals surface area contributed by atoms with Gasteiger partial charge in [0.15, 0.2) is 23.1 Å². The van der Waals surface area contributed by atoms with E-state index in [2.05, 4.69) is 27.8 Å². The second-order valence-electron chi connectivity index (χ2n) is 9.37. The van der Waals surface area contributed by atoms with Gasteiger partial charge in [-0.1, -0.05) is 18.2 Å². The van der Waals surface area contributed by atoms with Crippen LogP contribution in [0.5, 0.6) is 11.5 Å². The van der Waals surface area contributed by atoms with Gasteiger partial charge in [-0.25, -0.2) is 4.39 Å². The summed E-state index contributed by atoms with van der Waals surface area (Å²) in [6, 6.07) is 10.2. The molecule has 0 unspecified atom stereocenters. The standard InChI is InChI=1S/C29H29BrFNO4/c1-3-32-21-10-6-12-23(33)27(21)26(28-22(32)11-7-13-24(28)34)18-14-19(30)29(25(15-18)35-2)36-16-17-8-4-5-9-20(17)31/h4-5,8-9,14-15,26H,3,6-7,10-13,16H2,1-2H3. The molecule has 0 spiro atoms. The van der Waals surface area contributed by atoms with Gasteiger partial charge in [0.2, 0.25) is 0 Å². The van der Waals surface area contributed by atoms with Crippen molar-refractivity contribution in [3.05, 3.63) is 80.4 Å². The molecule has 0 amide bonds. The number of hydrogen-bond acceptors (Lipinski definition) is 5. The fourth-order valence-corrected chi connectivity index (χ4v) is 6.32. The number of methoxy groups -OCH3 is 1. The van der Waals surface area contributed by atoms with Crippen molar-refractivity contribution < 1.29 is 23.5 Å². The molecule has 188 valence electrons. The summed E-state index contributed by atoms with van der Waals surface area (Å²) < 4.78 is 26.4. The van der Waals surface area contributed by atoms with Crippen molar-refractivity contribution in [2.75, 3.05) is 13.7 Å². The Balaban J connectivity index is 1.60. The lowest BCUT2D eigenvalue weighted by atomic mass is 9.71. The van der Waals surface area contributed by atoms with Crippen LogP contribution in [-0.4, -0.2) is 30.1 Å². The number of halogens is 2. The number of hydrogen-bond donors (Lipinski definition) is 0. The molecule has 1 heterocycles. The van der Waals surface area contributed by atoms with Crippen LogP contribution in [0.15, 0.2) is 63.4 Å². The monoisotopic (exact) mass is 553 g/mol. The maximum absolute atomic E-state index is 14.1. The third-order valence-corrected chi connectivity index (χ3v) is 7.91. The summed E-state index contributed by atoms with van der Waals surface area (Å²) in [5, 5.41) is 0. The summed E-state index contributed by atoms with van der Waals surface area (Å²) >= 11 is 3.62. The SMILES string of the molecule is CCN1C2=C(C(=O)CCC2)C(c2cc(Br)c(OCc3ccccc3F)c(OC)c2)C2=C1CCCC2=O. The second-order valence-corrected chi connectivity index (χ2v) is 10.2. The van der Waals surface area contributed by atoms with Crippen LogP contribution in [0.4, 0.5) is 4.39 Å². The molecule has 0 bridgehead atoms. The van der Waals surface area contributed by atoms with Crippen LogP contribution in [0.2, 0.25) is 0 Å². The minimum atomic E-state index is -0.427. The Hall–Kier alpha value is -2.93. The Kier molecular flexibility index (Phi) is 7.02. The number of carbonyl (C=O) groups excluding carboxylic acids is 2. The molecule has 2 aromatic rings. The fourth-order valence-electron chi connectivity index (χ4n) is 5.74. The van der Waals surface area contributed by atoms with E-state index in [1.165, 1.54) is 6.07 Å². The Morgan fingerprint density at radius 2 is 1.64 bits per heavy atom. The third kappa shape index (κ3) is 4.27. The molecule has 0 aromatic heterocycles. The molecule has 5 nitrogen and oxygen atoms in total. The highest BCUT2D eigenvalue weighted by Crippen LogP contribution is 2.51. The van der Waals surface area contributed by atoms with Crippen molar-refractivity contribution in [3.8, 4) is 11.5 Å². The largest absolute Gasteiger partial charge is 0.493 e. The molecular weight excluding hydrogens is 525 g/mol. The van der Waals surface area contributed by atoms with Crippen molar-refractivity contribution in [2.45, 2.75) is 58.0 Å². The predicted octanol–water partition coefficient (Wildman–Crippen LogP) is 6.61. The average molecular weight is 554 g/mol. The Morgan fingerprint density at radius 1 is 1.00 bits per heavy atom. The first-order valence-electron chi connectivity index (χ1n) is 12.5. The van der Waals surface area contributed by atoms with E-state index in [1.54, 1.807) is 25.3 Å². The minimum Gasteiger partial charge on any atom is -0.493 e. The van der Waals surface area contributed by atoms with E-state index in [-0.39, 0.29) is 24.0 Å². The lowest BCUT2D eigenvalue weighted by molar-refractivity contribution is -0.117. The van der Waals surface area contributed by atoms with Crippen molar-refractivity contribution in [3.63, 3.8) is 0 Å². The Labute approximate surface area is 219 Å². The summed E-state index contributed by atoms with van der Waals surface area (Å²) in [7, 11) is 1.55.